The molecule has 2 rings (SSSR count). The molecule has 0 bridgehead atoms. The monoisotopic (exact) mass is 294 g/mol. The van der Waals surface area contributed by atoms with Crippen molar-refractivity contribution in [1.82, 2.24) is 10.2 Å². The van der Waals surface area contributed by atoms with Crippen LogP contribution in [0.2, 0.25) is 0 Å². The van der Waals surface area contributed by atoms with Gasteiger partial charge in [0.2, 0.25) is 5.91 Å². The Labute approximate surface area is 124 Å². The lowest BCUT2D eigenvalue weighted by atomic mass is 10.1. The zero-order valence-corrected chi connectivity index (χ0v) is 12.8. The molecule has 0 saturated carbocycles. The van der Waals surface area contributed by atoms with E-state index in [1.807, 2.05) is 13.8 Å². The van der Waals surface area contributed by atoms with Gasteiger partial charge in [0.15, 0.2) is 0 Å². The number of hydrogen-bond donors (Lipinski definition) is 1. The Kier molecular flexibility index (Phi) is 5.01. The van der Waals surface area contributed by atoms with Gasteiger partial charge in [-0.25, -0.2) is 0 Å². The molecule has 1 aliphatic heterocycles. The van der Waals surface area contributed by atoms with E-state index < -0.39 is 0 Å². The highest BCUT2D eigenvalue weighted by molar-refractivity contribution is 5.97. The molecule has 1 fully saturated rings. The van der Waals surface area contributed by atoms with E-state index in [1.54, 1.807) is 17.9 Å². The smallest absolute Gasteiger partial charge is 0.255 e. The Morgan fingerprint density at radius 2 is 2.00 bits per heavy atom. The molecule has 2 amide bonds. The zero-order valence-electron chi connectivity index (χ0n) is 12.8. The van der Waals surface area contributed by atoms with Gasteiger partial charge in [-0.05, 0) is 13.0 Å². The summed E-state index contributed by atoms with van der Waals surface area (Å²) >= 11 is 0. The minimum absolute atomic E-state index is 0.000462. The lowest BCUT2D eigenvalue weighted by Gasteiger charge is -2.26. The molecule has 0 aliphatic carbocycles. The molecule has 0 spiro atoms. The number of hydrogen-bond acceptors (Lipinski definition) is 4. The first kappa shape index (κ1) is 15.6. The van der Waals surface area contributed by atoms with Crippen LogP contribution in [0, 0.1) is 6.92 Å². The Bertz CT molecular complexity index is 516. The maximum atomic E-state index is 12.1. The van der Waals surface area contributed by atoms with E-state index >= 15 is 0 Å². The quantitative estimate of drug-likeness (QED) is 0.908. The van der Waals surface area contributed by atoms with Crippen LogP contribution in [0.4, 0.5) is 0 Å². The maximum Gasteiger partial charge on any atom is 0.255 e. The molecule has 0 radical (unpaired) electrons. The van der Waals surface area contributed by atoms with Crippen molar-refractivity contribution < 1.29 is 18.7 Å². The van der Waals surface area contributed by atoms with Crippen LogP contribution < -0.4 is 5.32 Å². The minimum Gasteiger partial charge on any atom is -0.465 e. The van der Waals surface area contributed by atoms with E-state index in [2.05, 4.69) is 5.32 Å². The van der Waals surface area contributed by atoms with E-state index in [0.717, 1.165) is 5.76 Å². The molecule has 6 nitrogen and oxygen atoms in total. The molecular weight excluding hydrogens is 272 g/mol. The average Bonchev–Trinajstić information content (AvgIpc) is 2.87. The second-order valence-electron chi connectivity index (χ2n) is 5.45. The summed E-state index contributed by atoms with van der Waals surface area (Å²) in [5.41, 5.74) is 0.494. The van der Waals surface area contributed by atoms with Crippen molar-refractivity contribution in [3.8, 4) is 0 Å². The SMILES string of the molecule is Cc1oc(C(C)C)cc1C(=O)NCC(=O)N1CCOCC1. The molecule has 1 saturated heterocycles. The molecule has 21 heavy (non-hydrogen) atoms. The minimum atomic E-state index is -0.273. The predicted octanol–water partition coefficient (Wildman–Crippen LogP) is 1.30. The Morgan fingerprint density at radius 3 is 2.57 bits per heavy atom. The highest BCUT2D eigenvalue weighted by Crippen LogP contribution is 2.21. The number of nitrogens with one attached hydrogen (secondary N) is 1. The highest BCUT2D eigenvalue weighted by atomic mass is 16.5. The molecule has 0 unspecified atom stereocenters. The Hall–Kier alpha value is -1.82. The summed E-state index contributed by atoms with van der Waals surface area (Å²) in [5.74, 6) is 1.22. The third-order valence-corrected chi connectivity index (χ3v) is 3.51. The Balaban J connectivity index is 1.90. The van der Waals surface area contributed by atoms with Gasteiger partial charge in [-0.1, -0.05) is 13.8 Å². The molecule has 1 aromatic heterocycles. The first-order valence-corrected chi connectivity index (χ1v) is 7.23. The number of nitrogens with zero attached hydrogens (tertiary/aromatic N) is 1. The fraction of sp³-hybridized carbons (Fsp3) is 0.600. The number of furan rings is 1. The first-order valence-electron chi connectivity index (χ1n) is 7.23. The van der Waals surface area contributed by atoms with E-state index in [4.69, 9.17) is 9.15 Å². The van der Waals surface area contributed by atoms with Gasteiger partial charge in [0.1, 0.15) is 11.5 Å². The second kappa shape index (κ2) is 6.76. The summed E-state index contributed by atoms with van der Waals surface area (Å²) in [6, 6.07) is 1.74. The van der Waals surface area contributed by atoms with Crippen LogP contribution >= 0.6 is 0 Å². The van der Waals surface area contributed by atoms with Gasteiger partial charge in [-0.15, -0.1) is 0 Å². The Morgan fingerprint density at radius 1 is 1.33 bits per heavy atom. The highest BCUT2D eigenvalue weighted by Gasteiger charge is 2.20. The predicted molar refractivity (Wildman–Crippen MR) is 77.3 cm³/mol. The molecule has 1 N–H and O–H groups in total. The third kappa shape index (κ3) is 3.85. The van der Waals surface area contributed by atoms with Crippen LogP contribution in [0.5, 0.6) is 0 Å². The van der Waals surface area contributed by atoms with Crippen LogP contribution in [-0.4, -0.2) is 49.6 Å². The number of carbonyl (C=O) groups is 2. The van der Waals surface area contributed by atoms with Gasteiger partial charge >= 0.3 is 0 Å². The topological polar surface area (TPSA) is 71.8 Å². The van der Waals surface area contributed by atoms with Gasteiger partial charge < -0.3 is 19.4 Å². The maximum absolute atomic E-state index is 12.1. The van der Waals surface area contributed by atoms with Crippen molar-refractivity contribution >= 4 is 11.8 Å². The summed E-state index contributed by atoms with van der Waals surface area (Å²) in [6.07, 6.45) is 0. The van der Waals surface area contributed by atoms with Gasteiger partial charge in [0, 0.05) is 19.0 Å². The summed E-state index contributed by atoms with van der Waals surface area (Å²) in [5, 5.41) is 2.66. The first-order chi connectivity index (χ1) is 9.99. The van der Waals surface area contributed by atoms with Crippen LogP contribution in [0.15, 0.2) is 10.5 Å². The zero-order chi connectivity index (χ0) is 15.4. The fourth-order valence-corrected chi connectivity index (χ4v) is 2.19. The van der Waals surface area contributed by atoms with Crippen molar-refractivity contribution in [3.05, 3.63) is 23.2 Å². The molecule has 0 atom stereocenters. The summed E-state index contributed by atoms with van der Waals surface area (Å²) in [6.45, 7) is 8.03. The van der Waals surface area contributed by atoms with Gasteiger partial charge in [-0.2, -0.15) is 0 Å². The van der Waals surface area contributed by atoms with E-state index in [0.29, 0.717) is 37.6 Å². The lowest BCUT2D eigenvalue weighted by Crippen LogP contribution is -2.45. The number of amides is 2. The molecule has 6 heteroatoms. The molecular formula is C15H22N2O4. The summed E-state index contributed by atoms with van der Waals surface area (Å²) in [7, 11) is 0. The van der Waals surface area contributed by atoms with Crippen molar-refractivity contribution in [2.75, 3.05) is 32.8 Å². The van der Waals surface area contributed by atoms with Gasteiger partial charge in [0.05, 0.1) is 25.3 Å². The van der Waals surface area contributed by atoms with Gasteiger partial charge in [-0.3, -0.25) is 9.59 Å². The lowest BCUT2D eigenvalue weighted by molar-refractivity contribution is -0.134. The van der Waals surface area contributed by atoms with E-state index in [1.165, 1.54) is 0 Å². The molecule has 1 aromatic rings. The molecule has 0 aromatic carbocycles. The van der Waals surface area contributed by atoms with Crippen LogP contribution in [-0.2, 0) is 9.53 Å². The fourth-order valence-electron chi connectivity index (χ4n) is 2.19. The summed E-state index contributed by atoms with van der Waals surface area (Å²) < 4.78 is 10.7. The number of morpholine rings is 1. The standard InChI is InChI=1S/C15H22N2O4/c1-10(2)13-8-12(11(3)21-13)15(19)16-9-14(18)17-4-6-20-7-5-17/h8,10H,4-7,9H2,1-3H3,(H,16,19). The number of aryl methyl sites for hydroxylation is 1. The number of carbonyl (C=O) groups excluding carboxylic acids is 2. The van der Waals surface area contributed by atoms with Crippen molar-refractivity contribution in [2.45, 2.75) is 26.7 Å². The van der Waals surface area contributed by atoms with Crippen molar-refractivity contribution in [3.63, 3.8) is 0 Å². The van der Waals surface area contributed by atoms with E-state index in [9.17, 15) is 9.59 Å². The van der Waals surface area contributed by atoms with Crippen molar-refractivity contribution in [2.24, 2.45) is 0 Å². The van der Waals surface area contributed by atoms with E-state index in [-0.39, 0.29) is 24.3 Å². The summed E-state index contributed by atoms with van der Waals surface area (Å²) in [4.78, 5) is 25.8. The third-order valence-electron chi connectivity index (χ3n) is 3.51. The number of rotatable bonds is 4. The van der Waals surface area contributed by atoms with Crippen molar-refractivity contribution in [1.29, 1.82) is 0 Å². The normalized spacial score (nSPS) is 15.3. The average molecular weight is 294 g/mol. The molecule has 2 heterocycles. The molecule has 116 valence electrons. The second-order valence-corrected chi connectivity index (χ2v) is 5.45. The largest absolute Gasteiger partial charge is 0.465 e. The van der Waals surface area contributed by atoms with Crippen LogP contribution in [0.3, 0.4) is 0 Å². The van der Waals surface area contributed by atoms with Crippen LogP contribution in [0.1, 0.15) is 41.6 Å². The molecule has 1 aliphatic rings. The van der Waals surface area contributed by atoms with Crippen LogP contribution in [0.25, 0.3) is 0 Å². The number of ether oxygens (including phenoxy) is 1. The van der Waals surface area contributed by atoms with Gasteiger partial charge in [0.25, 0.3) is 5.91 Å².